The van der Waals surface area contributed by atoms with Crippen LogP contribution in [-0.2, 0) is 20.2 Å². The smallest absolute Gasteiger partial charge is 0.233 e. The molecule has 0 aromatic heterocycles. The number of sulfonamides is 1. The van der Waals surface area contributed by atoms with Crippen molar-refractivity contribution in [1.82, 2.24) is 14.1 Å². The molecule has 2 heterocycles. The molecule has 28 heavy (non-hydrogen) atoms. The number of piperazine rings is 1. The van der Waals surface area contributed by atoms with Crippen LogP contribution in [0.2, 0.25) is 0 Å². The van der Waals surface area contributed by atoms with Crippen LogP contribution in [0.15, 0.2) is 30.3 Å². The van der Waals surface area contributed by atoms with Crippen molar-refractivity contribution < 1.29 is 13.2 Å². The molecule has 2 aliphatic heterocycles. The maximum Gasteiger partial charge on any atom is 0.233 e. The largest absolute Gasteiger partial charge is 0.339 e. The van der Waals surface area contributed by atoms with Crippen molar-refractivity contribution >= 4 is 15.9 Å². The monoisotopic (exact) mass is 407 g/mol. The van der Waals surface area contributed by atoms with Crippen LogP contribution in [0.1, 0.15) is 39.2 Å². The standard InChI is InChI=1S/C21H33N3O3S/c1-4-28(26,27)24-12-10-21(11-13-24,19-8-6-5-7-9-19)20(25)23-16-14-22(15-17-23)18(2)3/h5-9,18H,4,10-17H2,1-3H3. The predicted molar refractivity (Wildman–Crippen MR) is 112 cm³/mol. The molecule has 3 rings (SSSR count). The summed E-state index contributed by atoms with van der Waals surface area (Å²) in [5, 5.41) is 0. The number of nitrogens with zero attached hydrogens (tertiary/aromatic N) is 3. The van der Waals surface area contributed by atoms with E-state index >= 15 is 0 Å². The molecule has 1 aromatic carbocycles. The first kappa shape index (κ1) is 21.3. The van der Waals surface area contributed by atoms with Gasteiger partial charge in [0.2, 0.25) is 15.9 Å². The molecule has 1 amide bonds. The van der Waals surface area contributed by atoms with Crippen molar-refractivity contribution in [2.45, 2.75) is 45.1 Å². The zero-order valence-corrected chi connectivity index (χ0v) is 18.1. The summed E-state index contributed by atoms with van der Waals surface area (Å²) < 4.78 is 26.2. The summed E-state index contributed by atoms with van der Waals surface area (Å²) in [6.07, 6.45) is 1.08. The Bertz CT molecular complexity index is 763. The van der Waals surface area contributed by atoms with Gasteiger partial charge >= 0.3 is 0 Å². The minimum Gasteiger partial charge on any atom is -0.339 e. The Labute approximate surface area is 169 Å². The minimum atomic E-state index is -3.22. The van der Waals surface area contributed by atoms with Crippen LogP contribution in [0.5, 0.6) is 0 Å². The summed E-state index contributed by atoms with van der Waals surface area (Å²) in [5.74, 6) is 0.270. The number of hydrogen-bond donors (Lipinski definition) is 0. The van der Waals surface area contributed by atoms with Gasteiger partial charge in [-0.05, 0) is 39.2 Å². The van der Waals surface area contributed by atoms with Crippen molar-refractivity contribution in [3.63, 3.8) is 0 Å². The van der Waals surface area contributed by atoms with Crippen LogP contribution >= 0.6 is 0 Å². The zero-order chi connectivity index (χ0) is 20.4. The van der Waals surface area contributed by atoms with Gasteiger partial charge in [0.25, 0.3) is 0 Å². The molecule has 6 nitrogen and oxygen atoms in total. The van der Waals surface area contributed by atoms with Gasteiger partial charge in [-0.25, -0.2) is 12.7 Å². The summed E-state index contributed by atoms with van der Waals surface area (Å²) in [6.45, 7) is 10.1. The average molecular weight is 408 g/mol. The molecule has 0 radical (unpaired) electrons. The number of hydrogen-bond acceptors (Lipinski definition) is 4. The molecule has 2 fully saturated rings. The maximum atomic E-state index is 13.7. The van der Waals surface area contributed by atoms with Crippen molar-refractivity contribution in [2.75, 3.05) is 45.0 Å². The first-order valence-electron chi connectivity index (χ1n) is 10.4. The molecular formula is C21H33N3O3S. The van der Waals surface area contributed by atoms with Gasteiger partial charge < -0.3 is 4.90 Å². The number of benzene rings is 1. The summed E-state index contributed by atoms with van der Waals surface area (Å²) in [7, 11) is -3.22. The van der Waals surface area contributed by atoms with E-state index in [0.29, 0.717) is 32.0 Å². The normalized spacial score (nSPS) is 21.8. The topological polar surface area (TPSA) is 60.9 Å². The number of carbonyl (C=O) groups excluding carboxylic acids is 1. The molecule has 0 saturated carbocycles. The van der Waals surface area contributed by atoms with Crippen LogP contribution in [0.3, 0.4) is 0 Å². The van der Waals surface area contributed by atoms with Crippen molar-refractivity contribution in [3.8, 4) is 0 Å². The highest BCUT2D eigenvalue weighted by Gasteiger charge is 2.46. The Balaban J connectivity index is 1.82. The first-order valence-corrected chi connectivity index (χ1v) is 12.0. The molecule has 2 aliphatic rings. The second-order valence-corrected chi connectivity index (χ2v) is 10.4. The Morgan fingerprint density at radius 1 is 1.00 bits per heavy atom. The van der Waals surface area contributed by atoms with E-state index in [0.717, 1.165) is 31.7 Å². The van der Waals surface area contributed by atoms with Gasteiger partial charge in [0.15, 0.2) is 0 Å². The summed E-state index contributed by atoms with van der Waals surface area (Å²) >= 11 is 0. The van der Waals surface area contributed by atoms with Crippen LogP contribution in [-0.4, -0.2) is 79.5 Å². The van der Waals surface area contributed by atoms with Gasteiger partial charge in [0.1, 0.15) is 0 Å². The Morgan fingerprint density at radius 3 is 2.07 bits per heavy atom. The summed E-state index contributed by atoms with van der Waals surface area (Å²) in [5.41, 5.74) is 0.390. The number of amides is 1. The van der Waals surface area contributed by atoms with Gasteiger partial charge in [-0.1, -0.05) is 30.3 Å². The summed E-state index contributed by atoms with van der Waals surface area (Å²) in [4.78, 5) is 18.1. The molecule has 0 aliphatic carbocycles. The highest BCUT2D eigenvalue weighted by Crippen LogP contribution is 2.38. The average Bonchev–Trinajstić information content (AvgIpc) is 2.74. The molecule has 0 atom stereocenters. The number of rotatable bonds is 5. The molecular weight excluding hydrogens is 374 g/mol. The van der Waals surface area contributed by atoms with Gasteiger partial charge in [-0.15, -0.1) is 0 Å². The third kappa shape index (κ3) is 4.11. The second-order valence-electron chi connectivity index (χ2n) is 8.17. The van der Waals surface area contributed by atoms with E-state index in [1.54, 1.807) is 11.2 Å². The van der Waals surface area contributed by atoms with Gasteiger partial charge in [-0.2, -0.15) is 0 Å². The molecule has 0 unspecified atom stereocenters. The lowest BCUT2D eigenvalue weighted by Gasteiger charge is -2.45. The van der Waals surface area contributed by atoms with E-state index in [-0.39, 0.29) is 11.7 Å². The van der Waals surface area contributed by atoms with Crippen LogP contribution in [0.25, 0.3) is 0 Å². The number of carbonyl (C=O) groups is 1. The molecule has 0 bridgehead atoms. The molecule has 7 heteroatoms. The van der Waals surface area contributed by atoms with E-state index in [9.17, 15) is 13.2 Å². The van der Waals surface area contributed by atoms with E-state index in [2.05, 4.69) is 18.7 Å². The highest BCUT2D eigenvalue weighted by atomic mass is 32.2. The van der Waals surface area contributed by atoms with E-state index in [1.807, 2.05) is 35.2 Å². The Kier molecular flexibility index (Phi) is 6.47. The Hall–Kier alpha value is -1.44. The van der Waals surface area contributed by atoms with Gasteiger partial charge in [0.05, 0.1) is 11.2 Å². The fourth-order valence-corrected chi connectivity index (χ4v) is 5.56. The molecule has 0 N–H and O–H groups in total. The molecule has 1 aromatic rings. The van der Waals surface area contributed by atoms with Crippen molar-refractivity contribution in [2.24, 2.45) is 0 Å². The Morgan fingerprint density at radius 2 is 1.57 bits per heavy atom. The summed E-state index contributed by atoms with van der Waals surface area (Å²) in [6, 6.07) is 10.4. The second kappa shape index (κ2) is 8.51. The fourth-order valence-electron chi connectivity index (χ4n) is 4.46. The van der Waals surface area contributed by atoms with E-state index < -0.39 is 15.4 Å². The minimum absolute atomic E-state index is 0.108. The van der Waals surface area contributed by atoms with Gasteiger partial charge in [0, 0.05) is 45.3 Å². The van der Waals surface area contributed by atoms with Crippen LogP contribution < -0.4 is 0 Å². The zero-order valence-electron chi connectivity index (χ0n) is 17.3. The maximum absolute atomic E-state index is 13.7. The first-order chi connectivity index (χ1) is 13.3. The van der Waals surface area contributed by atoms with E-state index in [4.69, 9.17) is 0 Å². The van der Waals surface area contributed by atoms with E-state index in [1.165, 1.54) is 0 Å². The van der Waals surface area contributed by atoms with Crippen molar-refractivity contribution in [3.05, 3.63) is 35.9 Å². The quantitative estimate of drug-likeness (QED) is 0.748. The third-order valence-electron chi connectivity index (χ3n) is 6.40. The van der Waals surface area contributed by atoms with Crippen molar-refractivity contribution in [1.29, 1.82) is 0 Å². The van der Waals surface area contributed by atoms with Crippen LogP contribution in [0.4, 0.5) is 0 Å². The SMILES string of the molecule is CCS(=O)(=O)N1CCC(C(=O)N2CCN(C(C)C)CC2)(c2ccccc2)CC1. The molecule has 156 valence electrons. The third-order valence-corrected chi connectivity index (χ3v) is 8.28. The predicted octanol–water partition coefficient (Wildman–Crippen LogP) is 1.92. The highest BCUT2D eigenvalue weighted by molar-refractivity contribution is 7.89. The lowest BCUT2D eigenvalue weighted by Crippen LogP contribution is -2.58. The molecule has 0 spiro atoms. The lowest BCUT2D eigenvalue weighted by atomic mass is 9.72. The van der Waals surface area contributed by atoms with Gasteiger partial charge in [-0.3, -0.25) is 9.69 Å². The lowest BCUT2D eigenvalue weighted by molar-refractivity contribution is -0.141. The fraction of sp³-hybridized carbons (Fsp3) is 0.667. The molecule has 2 saturated heterocycles. The number of piperidine rings is 1. The van der Waals surface area contributed by atoms with Crippen LogP contribution in [0, 0.1) is 0 Å².